The Kier molecular flexibility index (Phi) is 10.4. The van der Waals surface area contributed by atoms with Crippen LogP contribution in [0.15, 0.2) is 30.3 Å². The molecule has 4 aliphatic rings. The topological polar surface area (TPSA) is 234 Å². The van der Waals surface area contributed by atoms with Gasteiger partial charge in [-0.05, 0) is 35.2 Å². The maximum absolute atomic E-state index is 13.5. The Morgan fingerprint density at radius 2 is 1.48 bits per heavy atom. The first kappa shape index (κ1) is 37.4. The van der Waals surface area contributed by atoms with E-state index >= 15 is 0 Å². The van der Waals surface area contributed by atoms with E-state index in [0.29, 0.717) is 44.9 Å². The summed E-state index contributed by atoms with van der Waals surface area (Å²) in [6.07, 6.45) is -14.0. The predicted octanol–water partition coefficient (Wildman–Crippen LogP) is 0.707. The highest BCUT2D eigenvalue weighted by Crippen LogP contribution is 2.50. The predicted molar refractivity (Wildman–Crippen MR) is 178 cm³/mol. The SMILES string of the molecule is COc1cc2c(O[C@H]3O[C@@H](CO[C@@H]4OC[C@H](O)[C@H](O)[C@H]4O)[C@@H](OC(C)=O)[C@@H](OC(C)=O)[C@@H]3O)c3c(c(-c4ccc5c(c4)OCO5)c2cc1OC)C(=O)OC3. The molecule has 0 unspecified atom stereocenters. The Morgan fingerprint density at radius 3 is 2.19 bits per heavy atom. The standard InChI is InChI=1S/C36H38O18/c1-14(37)51-32-25(12-48-35-29(41)28(40)20(39)11-47-35)53-36(30(42)33(32)52-15(2)38)54-31-18-9-23(45-4)22(44-3)8-17(18)26(27-19(31)10-46-34(27)43)16-5-6-21-24(7-16)50-13-49-21/h5-9,20,25,28-30,32-33,35-36,39-42H,10-13H2,1-4H3/t20-,25-,28-,29+,30-,32+,33-,35-,36+/m0/s1. The van der Waals surface area contributed by atoms with Gasteiger partial charge in [0.25, 0.3) is 0 Å². The summed E-state index contributed by atoms with van der Waals surface area (Å²) in [7, 11) is 2.89. The van der Waals surface area contributed by atoms with Crippen molar-refractivity contribution in [2.75, 3.05) is 34.2 Å². The van der Waals surface area contributed by atoms with Crippen molar-refractivity contribution in [2.24, 2.45) is 0 Å². The molecule has 2 saturated heterocycles. The van der Waals surface area contributed by atoms with E-state index in [0.717, 1.165) is 13.8 Å². The van der Waals surface area contributed by atoms with Crippen LogP contribution in [0.1, 0.15) is 29.8 Å². The Hall–Kier alpha value is -4.95. The van der Waals surface area contributed by atoms with Crippen molar-refractivity contribution in [1.82, 2.24) is 0 Å². The number of cyclic esters (lactones) is 1. The summed E-state index contributed by atoms with van der Waals surface area (Å²) in [4.78, 5) is 38.1. The molecule has 0 aliphatic carbocycles. The molecule has 4 aliphatic heterocycles. The molecule has 0 spiro atoms. The third-order valence-electron chi connectivity index (χ3n) is 9.41. The summed E-state index contributed by atoms with van der Waals surface area (Å²) >= 11 is 0. The number of hydrogen-bond donors (Lipinski definition) is 4. The van der Waals surface area contributed by atoms with Gasteiger partial charge in [-0.25, -0.2) is 4.79 Å². The molecular formula is C36H38O18. The smallest absolute Gasteiger partial charge is 0.339 e. The number of rotatable bonds is 10. The molecule has 54 heavy (non-hydrogen) atoms. The quantitative estimate of drug-likeness (QED) is 0.165. The number of ether oxygens (including phenoxy) is 11. The van der Waals surface area contributed by atoms with E-state index in [4.69, 9.17) is 52.1 Å². The Labute approximate surface area is 306 Å². The second-order valence-corrected chi connectivity index (χ2v) is 12.8. The Morgan fingerprint density at radius 1 is 0.796 bits per heavy atom. The zero-order valence-corrected chi connectivity index (χ0v) is 29.4. The minimum atomic E-state index is -1.81. The van der Waals surface area contributed by atoms with Gasteiger partial charge in [-0.2, -0.15) is 0 Å². The summed E-state index contributed by atoms with van der Waals surface area (Å²) in [6, 6.07) is 8.47. The van der Waals surface area contributed by atoms with Gasteiger partial charge in [0.15, 0.2) is 47.6 Å². The van der Waals surface area contributed by atoms with Crippen LogP contribution in [0.2, 0.25) is 0 Å². The van der Waals surface area contributed by atoms with E-state index in [1.54, 1.807) is 30.3 Å². The van der Waals surface area contributed by atoms with Crippen LogP contribution in [0, 0.1) is 0 Å². The van der Waals surface area contributed by atoms with Crippen LogP contribution in [0.3, 0.4) is 0 Å². The number of carbonyl (C=O) groups is 3. The molecular weight excluding hydrogens is 720 g/mol. The monoisotopic (exact) mass is 758 g/mol. The molecule has 4 N–H and O–H groups in total. The number of benzene rings is 3. The van der Waals surface area contributed by atoms with Gasteiger partial charge >= 0.3 is 17.9 Å². The van der Waals surface area contributed by atoms with Gasteiger partial charge in [0.05, 0.1) is 33.0 Å². The van der Waals surface area contributed by atoms with Crippen molar-refractivity contribution < 1.29 is 86.9 Å². The van der Waals surface area contributed by atoms with Crippen LogP contribution < -0.4 is 23.7 Å². The van der Waals surface area contributed by atoms with Gasteiger partial charge in [-0.15, -0.1) is 0 Å². The maximum Gasteiger partial charge on any atom is 0.339 e. The average molecular weight is 759 g/mol. The van der Waals surface area contributed by atoms with Crippen molar-refractivity contribution >= 4 is 28.7 Å². The van der Waals surface area contributed by atoms with Gasteiger partial charge in [0.1, 0.15) is 36.8 Å². The van der Waals surface area contributed by atoms with Crippen molar-refractivity contribution in [3.05, 3.63) is 41.5 Å². The molecule has 7 rings (SSSR count). The lowest BCUT2D eigenvalue weighted by molar-refractivity contribution is -0.310. The van der Waals surface area contributed by atoms with Gasteiger partial charge in [0, 0.05) is 30.4 Å². The molecule has 9 atom stereocenters. The zero-order valence-electron chi connectivity index (χ0n) is 29.4. The number of hydrogen-bond acceptors (Lipinski definition) is 18. The molecule has 4 heterocycles. The average Bonchev–Trinajstić information content (AvgIpc) is 3.78. The van der Waals surface area contributed by atoms with Gasteiger partial charge in [0.2, 0.25) is 13.1 Å². The van der Waals surface area contributed by atoms with Crippen LogP contribution in [0.4, 0.5) is 0 Å². The van der Waals surface area contributed by atoms with Crippen molar-refractivity contribution in [1.29, 1.82) is 0 Å². The van der Waals surface area contributed by atoms with Crippen LogP contribution in [0.25, 0.3) is 21.9 Å². The summed E-state index contributed by atoms with van der Waals surface area (Å²) in [5, 5.41) is 43.0. The van der Waals surface area contributed by atoms with E-state index in [-0.39, 0.29) is 36.9 Å². The summed E-state index contributed by atoms with van der Waals surface area (Å²) in [6.45, 7) is 1.08. The van der Waals surface area contributed by atoms with Crippen molar-refractivity contribution in [3.63, 3.8) is 0 Å². The Balaban J connectivity index is 1.33. The molecule has 3 aromatic rings. The minimum Gasteiger partial charge on any atom is -0.493 e. The van der Waals surface area contributed by atoms with E-state index in [9.17, 15) is 34.8 Å². The van der Waals surface area contributed by atoms with Crippen LogP contribution in [-0.2, 0) is 44.6 Å². The number of aliphatic hydroxyl groups is 4. The maximum atomic E-state index is 13.5. The van der Waals surface area contributed by atoms with E-state index < -0.39 is 79.8 Å². The molecule has 0 aromatic heterocycles. The van der Waals surface area contributed by atoms with Crippen molar-refractivity contribution in [3.8, 4) is 39.9 Å². The highest BCUT2D eigenvalue weighted by molar-refractivity contribution is 6.14. The van der Waals surface area contributed by atoms with E-state index in [2.05, 4.69) is 0 Å². The zero-order chi connectivity index (χ0) is 38.4. The summed E-state index contributed by atoms with van der Waals surface area (Å²) < 4.78 is 62.5. The van der Waals surface area contributed by atoms with Crippen LogP contribution in [0.5, 0.6) is 28.7 Å². The lowest BCUT2D eigenvalue weighted by atomic mass is 9.89. The molecule has 3 aromatic carbocycles. The third kappa shape index (κ3) is 6.81. The molecule has 0 radical (unpaired) electrons. The van der Waals surface area contributed by atoms with Gasteiger partial charge < -0.3 is 72.5 Å². The first-order chi connectivity index (χ1) is 25.9. The second kappa shape index (κ2) is 15.1. The number of fused-ring (bicyclic) bond motifs is 3. The second-order valence-electron chi connectivity index (χ2n) is 12.8. The summed E-state index contributed by atoms with van der Waals surface area (Å²) in [5.41, 5.74) is 1.46. The molecule has 0 amide bonds. The number of esters is 3. The number of methoxy groups -OCH3 is 2. The molecule has 2 fully saturated rings. The lowest BCUT2D eigenvalue weighted by Gasteiger charge is -2.44. The fourth-order valence-electron chi connectivity index (χ4n) is 6.91. The molecule has 0 saturated carbocycles. The Bertz CT molecular complexity index is 1950. The van der Waals surface area contributed by atoms with E-state index in [1.807, 2.05) is 0 Å². The number of carbonyl (C=O) groups excluding carboxylic acids is 3. The van der Waals surface area contributed by atoms with Crippen LogP contribution in [-0.4, -0.2) is 128 Å². The minimum absolute atomic E-state index is 0.0270. The van der Waals surface area contributed by atoms with E-state index in [1.165, 1.54) is 14.2 Å². The molecule has 0 bridgehead atoms. The highest BCUT2D eigenvalue weighted by Gasteiger charge is 2.52. The molecule has 18 nitrogen and oxygen atoms in total. The summed E-state index contributed by atoms with van der Waals surface area (Å²) in [5.74, 6) is -0.685. The van der Waals surface area contributed by atoms with Crippen LogP contribution >= 0.6 is 0 Å². The fourth-order valence-corrected chi connectivity index (χ4v) is 6.91. The third-order valence-corrected chi connectivity index (χ3v) is 9.41. The fraction of sp³-hybridized carbons (Fsp3) is 0.472. The van der Waals surface area contributed by atoms with Crippen molar-refractivity contribution in [2.45, 2.75) is 75.8 Å². The first-order valence-corrected chi connectivity index (χ1v) is 16.8. The highest BCUT2D eigenvalue weighted by atomic mass is 16.7. The van der Waals surface area contributed by atoms with Gasteiger partial charge in [-0.3, -0.25) is 9.59 Å². The molecule has 18 heteroatoms. The largest absolute Gasteiger partial charge is 0.493 e. The first-order valence-electron chi connectivity index (χ1n) is 16.8. The van der Waals surface area contributed by atoms with Gasteiger partial charge in [-0.1, -0.05) is 6.07 Å². The normalized spacial score (nSPS) is 28.6. The lowest BCUT2D eigenvalue weighted by Crippen LogP contribution is -2.63. The number of aliphatic hydroxyl groups excluding tert-OH is 4. The molecule has 290 valence electrons.